The van der Waals surface area contributed by atoms with E-state index in [4.69, 9.17) is 4.74 Å². The minimum atomic E-state index is -0.295. The lowest BCUT2D eigenvalue weighted by Crippen LogP contribution is -2.27. The summed E-state index contributed by atoms with van der Waals surface area (Å²) in [4.78, 5) is 27.2. The van der Waals surface area contributed by atoms with E-state index in [1.165, 1.54) is 6.92 Å². The fraction of sp³-hybridized carbons (Fsp3) is 0.375. The molecule has 0 spiro atoms. The molecule has 8 heteroatoms. The summed E-state index contributed by atoms with van der Waals surface area (Å²) in [5.74, 6) is 1.57. The predicted molar refractivity (Wildman–Crippen MR) is 87.6 cm³/mol. The second-order valence-electron chi connectivity index (χ2n) is 5.33. The number of hydrogen-bond acceptors (Lipinski definition) is 5. The van der Waals surface area contributed by atoms with E-state index < -0.39 is 0 Å². The summed E-state index contributed by atoms with van der Waals surface area (Å²) in [6.45, 7) is 5.88. The Labute approximate surface area is 140 Å². The normalized spacial score (nSPS) is 11.6. The summed E-state index contributed by atoms with van der Waals surface area (Å²) in [7, 11) is 0. The Morgan fingerprint density at radius 1 is 1.29 bits per heavy atom. The highest BCUT2D eigenvalue weighted by Gasteiger charge is 2.14. The number of amides is 2. The molecule has 128 valence electrons. The van der Waals surface area contributed by atoms with Gasteiger partial charge in [-0.05, 0) is 38.1 Å². The molecular weight excluding hydrogens is 310 g/mol. The van der Waals surface area contributed by atoms with Gasteiger partial charge in [-0.2, -0.15) is 5.10 Å². The molecule has 2 amide bonds. The molecular formula is C16H21N5O3. The number of aromatic nitrogens is 3. The highest BCUT2D eigenvalue weighted by atomic mass is 16.5. The van der Waals surface area contributed by atoms with Crippen LogP contribution in [0, 0.1) is 6.92 Å². The maximum absolute atomic E-state index is 12.2. The van der Waals surface area contributed by atoms with Gasteiger partial charge in [-0.25, -0.2) is 4.98 Å². The Kier molecular flexibility index (Phi) is 5.89. The lowest BCUT2D eigenvalue weighted by molar-refractivity contribution is -0.119. The lowest BCUT2D eigenvalue weighted by atomic mass is 10.2. The first-order valence-corrected chi connectivity index (χ1v) is 7.63. The second-order valence-corrected chi connectivity index (χ2v) is 5.33. The Bertz CT molecular complexity index is 696. The minimum Gasteiger partial charge on any atom is -0.492 e. The molecule has 3 N–H and O–H groups in total. The van der Waals surface area contributed by atoms with Gasteiger partial charge in [0.1, 0.15) is 18.2 Å². The molecule has 0 fully saturated rings. The topological polar surface area (TPSA) is 109 Å². The third-order valence-electron chi connectivity index (χ3n) is 3.21. The standard InChI is InChI=1S/C16H21N5O3/c1-10(15-19-11(2)20-21-15)18-16(23)13-4-6-14(7-5-13)24-9-8-17-12(3)22/h4-7,10H,8-9H2,1-3H3,(H,17,22)(H,18,23)(H,19,20,21). The quantitative estimate of drug-likeness (QED) is 0.659. The summed E-state index contributed by atoms with van der Waals surface area (Å²) in [6, 6.07) is 6.49. The van der Waals surface area contributed by atoms with Crippen LogP contribution in [0.2, 0.25) is 0 Å². The van der Waals surface area contributed by atoms with Crippen LogP contribution < -0.4 is 15.4 Å². The van der Waals surface area contributed by atoms with E-state index in [-0.39, 0.29) is 17.9 Å². The number of H-pyrrole nitrogens is 1. The zero-order chi connectivity index (χ0) is 17.5. The van der Waals surface area contributed by atoms with Gasteiger partial charge >= 0.3 is 0 Å². The van der Waals surface area contributed by atoms with Crippen molar-refractivity contribution >= 4 is 11.8 Å². The number of aryl methyl sites for hydroxylation is 1. The van der Waals surface area contributed by atoms with Crippen molar-refractivity contribution in [1.82, 2.24) is 25.8 Å². The van der Waals surface area contributed by atoms with Crippen LogP contribution in [0.4, 0.5) is 0 Å². The predicted octanol–water partition coefficient (Wildman–Crippen LogP) is 1.12. The van der Waals surface area contributed by atoms with Crippen LogP contribution in [0.15, 0.2) is 24.3 Å². The van der Waals surface area contributed by atoms with Crippen molar-refractivity contribution < 1.29 is 14.3 Å². The van der Waals surface area contributed by atoms with Crippen LogP contribution >= 0.6 is 0 Å². The number of benzene rings is 1. The number of hydrogen-bond donors (Lipinski definition) is 3. The van der Waals surface area contributed by atoms with E-state index in [0.29, 0.717) is 36.1 Å². The van der Waals surface area contributed by atoms with Gasteiger partial charge in [-0.3, -0.25) is 14.7 Å². The highest BCUT2D eigenvalue weighted by Crippen LogP contribution is 2.13. The summed E-state index contributed by atoms with van der Waals surface area (Å²) in [5.41, 5.74) is 0.517. The number of rotatable bonds is 7. The number of ether oxygens (including phenoxy) is 1. The molecule has 24 heavy (non-hydrogen) atoms. The summed E-state index contributed by atoms with van der Waals surface area (Å²) in [6.07, 6.45) is 0. The molecule has 2 rings (SSSR count). The van der Waals surface area contributed by atoms with Gasteiger partial charge in [0.15, 0.2) is 5.82 Å². The van der Waals surface area contributed by atoms with E-state index in [0.717, 1.165) is 0 Å². The third kappa shape index (κ3) is 5.08. The zero-order valence-electron chi connectivity index (χ0n) is 13.9. The molecule has 0 saturated carbocycles. The largest absolute Gasteiger partial charge is 0.492 e. The molecule has 1 unspecified atom stereocenters. The van der Waals surface area contributed by atoms with Gasteiger partial charge in [0.05, 0.1) is 12.6 Å². The number of carbonyl (C=O) groups excluding carboxylic acids is 2. The van der Waals surface area contributed by atoms with Crippen LogP contribution in [0.1, 0.15) is 41.9 Å². The fourth-order valence-electron chi connectivity index (χ4n) is 2.00. The van der Waals surface area contributed by atoms with Crippen molar-refractivity contribution in [3.63, 3.8) is 0 Å². The fourth-order valence-corrected chi connectivity index (χ4v) is 2.00. The molecule has 8 nitrogen and oxygen atoms in total. The van der Waals surface area contributed by atoms with Gasteiger partial charge in [-0.1, -0.05) is 0 Å². The molecule has 2 aromatic rings. The number of aromatic amines is 1. The smallest absolute Gasteiger partial charge is 0.251 e. The molecule has 0 aliphatic carbocycles. The summed E-state index contributed by atoms with van der Waals surface area (Å²) >= 11 is 0. The number of nitrogens with one attached hydrogen (secondary N) is 3. The molecule has 1 aromatic heterocycles. The van der Waals surface area contributed by atoms with Crippen LogP contribution in [-0.4, -0.2) is 40.1 Å². The third-order valence-corrected chi connectivity index (χ3v) is 3.21. The van der Waals surface area contributed by atoms with Gasteiger partial charge in [0.25, 0.3) is 5.91 Å². The maximum atomic E-state index is 12.2. The van der Waals surface area contributed by atoms with Crippen molar-refractivity contribution in [2.75, 3.05) is 13.2 Å². The van der Waals surface area contributed by atoms with Crippen LogP contribution in [0.25, 0.3) is 0 Å². The maximum Gasteiger partial charge on any atom is 0.251 e. The Morgan fingerprint density at radius 3 is 2.58 bits per heavy atom. The van der Waals surface area contributed by atoms with E-state index >= 15 is 0 Å². The van der Waals surface area contributed by atoms with Crippen molar-refractivity contribution in [2.45, 2.75) is 26.8 Å². The van der Waals surface area contributed by atoms with Crippen molar-refractivity contribution in [3.05, 3.63) is 41.5 Å². The minimum absolute atomic E-state index is 0.0960. The molecule has 0 aliphatic heterocycles. The first-order valence-electron chi connectivity index (χ1n) is 7.63. The average molecular weight is 331 g/mol. The van der Waals surface area contributed by atoms with E-state index in [2.05, 4.69) is 25.8 Å². The molecule has 0 radical (unpaired) electrons. The van der Waals surface area contributed by atoms with Gasteiger partial charge in [0.2, 0.25) is 5.91 Å². The molecule has 1 aromatic carbocycles. The van der Waals surface area contributed by atoms with Crippen LogP contribution in [-0.2, 0) is 4.79 Å². The Balaban J connectivity index is 1.85. The SMILES string of the molecule is CC(=O)NCCOc1ccc(C(=O)NC(C)c2n[nH]c(C)n2)cc1. The molecule has 0 aliphatic rings. The van der Waals surface area contributed by atoms with Crippen molar-refractivity contribution in [1.29, 1.82) is 0 Å². The van der Waals surface area contributed by atoms with Crippen molar-refractivity contribution in [3.8, 4) is 5.75 Å². The summed E-state index contributed by atoms with van der Waals surface area (Å²) < 4.78 is 5.47. The molecule has 0 bridgehead atoms. The molecule has 1 heterocycles. The van der Waals surface area contributed by atoms with Gasteiger partial charge in [-0.15, -0.1) is 0 Å². The Hall–Kier alpha value is -2.90. The average Bonchev–Trinajstić information content (AvgIpc) is 2.98. The number of nitrogens with zero attached hydrogens (tertiary/aromatic N) is 2. The highest BCUT2D eigenvalue weighted by molar-refractivity contribution is 5.94. The first-order chi connectivity index (χ1) is 11.5. The van der Waals surface area contributed by atoms with E-state index in [1.54, 1.807) is 31.2 Å². The van der Waals surface area contributed by atoms with E-state index in [9.17, 15) is 9.59 Å². The Morgan fingerprint density at radius 2 is 2.00 bits per heavy atom. The van der Waals surface area contributed by atoms with Gasteiger partial charge in [0, 0.05) is 12.5 Å². The molecule has 0 saturated heterocycles. The lowest BCUT2D eigenvalue weighted by Gasteiger charge is -2.11. The zero-order valence-corrected chi connectivity index (χ0v) is 13.9. The number of carbonyl (C=O) groups is 2. The molecule has 1 atom stereocenters. The van der Waals surface area contributed by atoms with Crippen molar-refractivity contribution in [2.24, 2.45) is 0 Å². The second kappa shape index (κ2) is 8.09. The van der Waals surface area contributed by atoms with Gasteiger partial charge < -0.3 is 15.4 Å². The van der Waals surface area contributed by atoms with E-state index in [1.807, 2.05) is 6.92 Å². The monoisotopic (exact) mass is 331 g/mol. The van der Waals surface area contributed by atoms with Crippen LogP contribution in [0.3, 0.4) is 0 Å². The van der Waals surface area contributed by atoms with Crippen LogP contribution in [0.5, 0.6) is 5.75 Å². The first kappa shape index (κ1) is 17.5. The summed E-state index contributed by atoms with van der Waals surface area (Å²) in [5, 5.41) is 12.3.